The Kier molecular flexibility index (Phi) is 5.61. The number of ether oxygens (including phenoxy) is 1. The van der Waals surface area contributed by atoms with E-state index in [0.29, 0.717) is 11.1 Å². The number of aryl methyl sites for hydroxylation is 3. The largest absolute Gasteiger partial charge is 0.435 e. The molecule has 0 spiro atoms. The van der Waals surface area contributed by atoms with Crippen molar-refractivity contribution in [2.24, 2.45) is 0 Å². The topological polar surface area (TPSA) is 75.7 Å². The summed E-state index contributed by atoms with van der Waals surface area (Å²) >= 11 is 0. The monoisotopic (exact) mass is 416 g/mol. The maximum Gasteiger partial charge on any atom is 0.387 e. The average molecular weight is 416 g/mol. The van der Waals surface area contributed by atoms with Crippen LogP contribution >= 0.6 is 0 Å². The molecule has 158 valence electrons. The molecule has 3 rings (SSSR count). The van der Waals surface area contributed by atoms with E-state index in [4.69, 9.17) is 0 Å². The van der Waals surface area contributed by atoms with E-state index in [-0.39, 0.29) is 11.5 Å². The van der Waals surface area contributed by atoms with Gasteiger partial charge in [0.05, 0.1) is 6.54 Å². The molecule has 1 fully saturated rings. The van der Waals surface area contributed by atoms with Crippen molar-refractivity contribution in [3.63, 3.8) is 0 Å². The number of alkyl halides is 2. The third kappa shape index (κ3) is 3.90. The molecule has 6 nitrogen and oxygen atoms in total. The van der Waals surface area contributed by atoms with Gasteiger partial charge in [0.1, 0.15) is 11.3 Å². The lowest BCUT2D eigenvalue weighted by Crippen LogP contribution is -2.41. The number of urea groups is 1. The van der Waals surface area contributed by atoms with Crippen molar-refractivity contribution >= 4 is 17.7 Å². The number of nitrogens with one attached hydrogen (secondary N) is 1. The summed E-state index contributed by atoms with van der Waals surface area (Å²) in [5.41, 5.74) is 2.04. The van der Waals surface area contributed by atoms with Crippen LogP contribution in [-0.2, 0) is 10.3 Å². The van der Waals surface area contributed by atoms with E-state index in [2.05, 4.69) is 10.1 Å². The maximum absolute atomic E-state index is 13.0. The lowest BCUT2D eigenvalue weighted by atomic mass is 9.91. The van der Waals surface area contributed by atoms with Crippen LogP contribution in [0.25, 0.3) is 0 Å². The Morgan fingerprint density at radius 3 is 2.20 bits per heavy atom. The second-order valence-corrected chi connectivity index (χ2v) is 7.55. The molecule has 1 N–H and O–H groups in total. The van der Waals surface area contributed by atoms with Crippen LogP contribution in [-0.4, -0.2) is 35.8 Å². The van der Waals surface area contributed by atoms with Gasteiger partial charge in [0.15, 0.2) is 5.78 Å². The van der Waals surface area contributed by atoms with Crippen LogP contribution in [0.3, 0.4) is 0 Å². The molecule has 0 aromatic heterocycles. The minimum absolute atomic E-state index is 0.0634. The number of carbonyl (C=O) groups excluding carboxylic acids is 3. The molecule has 0 bridgehead atoms. The Labute approximate surface area is 172 Å². The SMILES string of the molecule is Cc1cc(C)c(C(=O)CN2C(=O)N[C@](C)(c3ccc(OC(F)F)cc3)C2=O)c(C)c1. The molecule has 2 aromatic carbocycles. The Hall–Kier alpha value is -3.29. The second-order valence-electron chi connectivity index (χ2n) is 7.55. The first-order valence-electron chi connectivity index (χ1n) is 9.33. The van der Waals surface area contributed by atoms with E-state index in [0.717, 1.165) is 21.6 Å². The molecule has 1 aliphatic heterocycles. The van der Waals surface area contributed by atoms with Gasteiger partial charge in [-0.05, 0) is 56.5 Å². The van der Waals surface area contributed by atoms with Gasteiger partial charge in [0.25, 0.3) is 5.91 Å². The summed E-state index contributed by atoms with van der Waals surface area (Å²) in [6, 6.07) is 8.49. The van der Waals surface area contributed by atoms with Crippen LogP contribution in [0.15, 0.2) is 36.4 Å². The van der Waals surface area contributed by atoms with Crippen molar-refractivity contribution in [1.82, 2.24) is 10.2 Å². The molecule has 0 saturated carbocycles. The van der Waals surface area contributed by atoms with Crippen LogP contribution in [0.5, 0.6) is 5.75 Å². The predicted molar refractivity (Wildman–Crippen MR) is 106 cm³/mol. The van der Waals surface area contributed by atoms with Crippen LogP contribution in [0.1, 0.15) is 39.5 Å². The Morgan fingerprint density at radius 1 is 1.10 bits per heavy atom. The van der Waals surface area contributed by atoms with Crippen molar-refractivity contribution in [2.45, 2.75) is 39.8 Å². The normalized spacial score (nSPS) is 18.7. The van der Waals surface area contributed by atoms with Crippen molar-refractivity contribution in [1.29, 1.82) is 0 Å². The predicted octanol–water partition coefficient (Wildman–Crippen LogP) is 3.86. The minimum atomic E-state index is -2.96. The fourth-order valence-electron chi connectivity index (χ4n) is 3.85. The summed E-state index contributed by atoms with van der Waals surface area (Å²) in [6.45, 7) is 3.70. The summed E-state index contributed by atoms with van der Waals surface area (Å²) in [5, 5.41) is 2.60. The van der Waals surface area contributed by atoms with E-state index in [9.17, 15) is 23.2 Å². The molecule has 1 aliphatic rings. The maximum atomic E-state index is 13.0. The highest BCUT2D eigenvalue weighted by molar-refractivity contribution is 6.11. The number of rotatable bonds is 6. The van der Waals surface area contributed by atoms with Gasteiger partial charge in [-0.2, -0.15) is 8.78 Å². The number of carbonyl (C=O) groups is 3. The number of imide groups is 1. The van der Waals surface area contributed by atoms with Crippen LogP contribution < -0.4 is 10.1 Å². The average Bonchev–Trinajstić information content (AvgIpc) is 2.85. The molecule has 2 aromatic rings. The smallest absolute Gasteiger partial charge is 0.387 e. The first kappa shape index (κ1) is 21.4. The Bertz CT molecular complexity index is 997. The van der Waals surface area contributed by atoms with Crippen molar-refractivity contribution in [3.8, 4) is 5.75 Å². The molecule has 1 atom stereocenters. The number of hydrogen-bond acceptors (Lipinski definition) is 4. The Morgan fingerprint density at radius 2 is 1.67 bits per heavy atom. The summed E-state index contributed by atoms with van der Waals surface area (Å²) in [6.07, 6.45) is 0. The first-order chi connectivity index (χ1) is 14.0. The molecule has 0 radical (unpaired) electrons. The zero-order valence-electron chi connectivity index (χ0n) is 17.1. The molecular weight excluding hydrogens is 394 g/mol. The van der Waals surface area contributed by atoms with Crippen molar-refractivity contribution in [2.75, 3.05) is 6.54 Å². The fourth-order valence-corrected chi connectivity index (χ4v) is 3.85. The molecule has 0 unspecified atom stereocenters. The van der Waals surface area contributed by atoms with Crippen molar-refractivity contribution < 1.29 is 27.9 Å². The molecule has 1 heterocycles. The van der Waals surface area contributed by atoms with Gasteiger partial charge in [-0.25, -0.2) is 4.79 Å². The highest BCUT2D eigenvalue weighted by Gasteiger charge is 2.49. The van der Waals surface area contributed by atoms with Crippen LogP contribution in [0.4, 0.5) is 13.6 Å². The summed E-state index contributed by atoms with van der Waals surface area (Å²) in [7, 11) is 0. The highest BCUT2D eigenvalue weighted by atomic mass is 19.3. The van der Waals surface area contributed by atoms with Gasteiger partial charge in [-0.15, -0.1) is 0 Å². The van der Waals surface area contributed by atoms with Crippen molar-refractivity contribution in [3.05, 3.63) is 64.2 Å². The minimum Gasteiger partial charge on any atom is -0.435 e. The van der Waals surface area contributed by atoms with E-state index >= 15 is 0 Å². The summed E-state index contributed by atoms with van der Waals surface area (Å²) in [4.78, 5) is 39.3. The molecular formula is C22H22F2N2O4. The number of nitrogens with zero attached hydrogens (tertiary/aromatic N) is 1. The molecule has 8 heteroatoms. The number of halogens is 2. The summed E-state index contributed by atoms with van der Waals surface area (Å²) < 4.78 is 29.0. The lowest BCUT2D eigenvalue weighted by Gasteiger charge is -2.22. The van der Waals surface area contributed by atoms with Gasteiger partial charge in [0.2, 0.25) is 0 Å². The van der Waals surface area contributed by atoms with E-state index in [1.54, 1.807) is 0 Å². The van der Waals surface area contributed by atoms with E-state index in [1.807, 2.05) is 32.9 Å². The lowest BCUT2D eigenvalue weighted by molar-refractivity contribution is -0.130. The van der Waals surface area contributed by atoms with Gasteiger partial charge in [-0.3, -0.25) is 14.5 Å². The van der Waals surface area contributed by atoms with E-state index in [1.165, 1.54) is 31.2 Å². The van der Waals surface area contributed by atoms with Gasteiger partial charge in [0, 0.05) is 5.56 Å². The van der Waals surface area contributed by atoms with Crippen LogP contribution in [0, 0.1) is 20.8 Å². The molecule has 30 heavy (non-hydrogen) atoms. The van der Waals surface area contributed by atoms with Crippen LogP contribution in [0.2, 0.25) is 0 Å². The van der Waals surface area contributed by atoms with Gasteiger partial charge < -0.3 is 10.1 Å². The number of benzene rings is 2. The summed E-state index contributed by atoms with van der Waals surface area (Å²) in [5.74, 6) is -0.990. The molecule has 0 aliphatic carbocycles. The first-order valence-corrected chi connectivity index (χ1v) is 9.33. The fraction of sp³-hybridized carbons (Fsp3) is 0.318. The third-order valence-electron chi connectivity index (χ3n) is 5.19. The second kappa shape index (κ2) is 7.85. The third-order valence-corrected chi connectivity index (χ3v) is 5.19. The molecule has 1 saturated heterocycles. The Balaban J connectivity index is 1.83. The van der Waals surface area contributed by atoms with E-state index < -0.39 is 30.6 Å². The zero-order valence-corrected chi connectivity index (χ0v) is 17.1. The number of hydrogen-bond donors (Lipinski definition) is 1. The van der Waals surface area contributed by atoms with Gasteiger partial charge >= 0.3 is 12.6 Å². The number of Topliss-reactive ketones (excluding diaryl/α,β-unsaturated/α-hetero) is 1. The number of amides is 3. The number of ketones is 1. The quantitative estimate of drug-likeness (QED) is 0.573. The highest BCUT2D eigenvalue weighted by Crippen LogP contribution is 2.31. The zero-order chi connectivity index (χ0) is 22.2. The standard InChI is InChI=1S/C22H22F2N2O4/c1-12-9-13(2)18(14(3)10-12)17(27)11-26-19(28)22(4,25-21(26)29)15-5-7-16(8-6-15)30-20(23)24/h5-10,20H,11H2,1-4H3,(H,25,29)/t22-/m1/s1. The van der Waals surface area contributed by atoms with Gasteiger partial charge in [-0.1, -0.05) is 29.8 Å². The molecule has 3 amide bonds.